The van der Waals surface area contributed by atoms with E-state index in [2.05, 4.69) is 10.6 Å². The van der Waals surface area contributed by atoms with Gasteiger partial charge in [0.15, 0.2) is 0 Å². The standard InChI is InChI=1S/C12H19F3N2O3/c13-12(14,15)7-8-16-10(20)17-11(9(18)19)5-3-1-2-4-6-11/h1-8H2,(H,18,19)(H2,16,17,20). The van der Waals surface area contributed by atoms with Crippen molar-refractivity contribution in [3.05, 3.63) is 0 Å². The van der Waals surface area contributed by atoms with Crippen LogP contribution >= 0.6 is 0 Å². The molecule has 1 rings (SSSR count). The zero-order valence-electron chi connectivity index (χ0n) is 11.1. The number of carbonyl (C=O) groups is 2. The molecule has 0 saturated heterocycles. The summed E-state index contributed by atoms with van der Waals surface area (Å²) in [5, 5.41) is 13.7. The molecule has 116 valence electrons. The second kappa shape index (κ2) is 6.81. The van der Waals surface area contributed by atoms with Gasteiger partial charge in [-0.15, -0.1) is 0 Å². The van der Waals surface area contributed by atoms with E-state index in [-0.39, 0.29) is 0 Å². The summed E-state index contributed by atoms with van der Waals surface area (Å²) in [6, 6.07) is -0.862. The monoisotopic (exact) mass is 296 g/mol. The Labute approximate surface area is 114 Å². The molecule has 0 spiro atoms. The molecule has 20 heavy (non-hydrogen) atoms. The van der Waals surface area contributed by atoms with Gasteiger partial charge in [0.1, 0.15) is 5.54 Å². The minimum absolute atomic E-state index is 0.301. The van der Waals surface area contributed by atoms with Gasteiger partial charge in [-0.05, 0) is 12.8 Å². The molecule has 2 amide bonds. The van der Waals surface area contributed by atoms with Crippen LogP contribution in [-0.4, -0.2) is 35.4 Å². The molecule has 1 saturated carbocycles. The number of aliphatic carboxylic acids is 1. The first-order valence-corrected chi connectivity index (χ1v) is 6.61. The van der Waals surface area contributed by atoms with Crippen LogP contribution < -0.4 is 10.6 Å². The average molecular weight is 296 g/mol. The molecule has 0 radical (unpaired) electrons. The van der Waals surface area contributed by atoms with Crippen LogP contribution in [0.4, 0.5) is 18.0 Å². The Kier molecular flexibility index (Phi) is 5.64. The SMILES string of the molecule is O=C(NCCC(F)(F)F)NC1(C(=O)O)CCCCCC1. The van der Waals surface area contributed by atoms with Gasteiger partial charge in [-0.2, -0.15) is 13.2 Å². The second-order valence-corrected chi connectivity index (χ2v) is 5.05. The lowest BCUT2D eigenvalue weighted by Gasteiger charge is -2.29. The van der Waals surface area contributed by atoms with Crippen LogP contribution in [0.25, 0.3) is 0 Å². The molecule has 1 fully saturated rings. The predicted molar refractivity (Wildman–Crippen MR) is 65.3 cm³/mol. The molecular weight excluding hydrogens is 277 g/mol. The molecule has 3 N–H and O–H groups in total. The number of carboxylic acids is 1. The van der Waals surface area contributed by atoms with Gasteiger partial charge in [0.05, 0.1) is 6.42 Å². The van der Waals surface area contributed by atoms with Gasteiger partial charge in [0.2, 0.25) is 0 Å². The third-order valence-corrected chi connectivity index (χ3v) is 3.41. The summed E-state index contributed by atoms with van der Waals surface area (Å²) in [4.78, 5) is 22.9. The Morgan fingerprint density at radius 1 is 1.10 bits per heavy atom. The molecular formula is C12H19F3N2O3. The highest BCUT2D eigenvalue weighted by Crippen LogP contribution is 2.27. The van der Waals surface area contributed by atoms with Crippen molar-refractivity contribution in [3.63, 3.8) is 0 Å². The van der Waals surface area contributed by atoms with Gasteiger partial charge in [-0.3, -0.25) is 0 Å². The molecule has 0 heterocycles. The van der Waals surface area contributed by atoms with Gasteiger partial charge in [0, 0.05) is 6.54 Å². The first-order valence-electron chi connectivity index (χ1n) is 6.61. The Bertz CT molecular complexity index is 350. The van der Waals surface area contributed by atoms with Gasteiger partial charge >= 0.3 is 18.2 Å². The smallest absolute Gasteiger partial charge is 0.390 e. The van der Waals surface area contributed by atoms with E-state index < -0.39 is 36.7 Å². The van der Waals surface area contributed by atoms with E-state index in [1.165, 1.54) is 0 Å². The summed E-state index contributed by atoms with van der Waals surface area (Å²) in [5.41, 5.74) is -1.36. The van der Waals surface area contributed by atoms with Crippen LogP contribution in [0.5, 0.6) is 0 Å². The number of nitrogens with one attached hydrogen (secondary N) is 2. The molecule has 0 aromatic heterocycles. The van der Waals surface area contributed by atoms with E-state index in [0.29, 0.717) is 25.7 Å². The van der Waals surface area contributed by atoms with Crippen LogP contribution in [0.15, 0.2) is 0 Å². The lowest BCUT2D eigenvalue weighted by Crippen LogP contribution is -2.57. The van der Waals surface area contributed by atoms with Crippen molar-refractivity contribution >= 4 is 12.0 Å². The van der Waals surface area contributed by atoms with Crippen molar-refractivity contribution in [1.29, 1.82) is 0 Å². The van der Waals surface area contributed by atoms with Crippen molar-refractivity contribution in [2.75, 3.05) is 6.54 Å². The van der Waals surface area contributed by atoms with Gasteiger partial charge in [0.25, 0.3) is 0 Å². The summed E-state index contributed by atoms with van der Waals surface area (Å²) in [5.74, 6) is -1.13. The predicted octanol–water partition coefficient (Wildman–Crippen LogP) is 2.42. The highest BCUT2D eigenvalue weighted by molar-refractivity contribution is 5.86. The van der Waals surface area contributed by atoms with Crippen LogP contribution in [0.1, 0.15) is 44.9 Å². The van der Waals surface area contributed by atoms with Crippen molar-refractivity contribution in [2.45, 2.75) is 56.7 Å². The fourth-order valence-electron chi connectivity index (χ4n) is 2.30. The lowest BCUT2D eigenvalue weighted by atomic mass is 9.90. The number of hydrogen-bond donors (Lipinski definition) is 3. The number of amides is 2. The van der Waals surface area contributed by atoms with Crippen LogP contribution in [0, 0.1) is 0 Å². The van der Waals surface area contributed by atoms with Crippen LogP contribution in [0.3, 0.4) is 0 Å². The van der Waals surface area contributed by atoms with Crippen molar-refractivity contribution < 1.29 is 27.9 Å². The fourth-order valence-corrected chi connectivity index (χ4v) is 2.30. The van der Waals surface area contributed by atoms with E-state index >= 15 is 0 Å². The summed E-state index contributed by atoms with van der Waals surface area (Å²) in [6.45, 7) is -0.564. The minimum Gasteiger partial charge on any atom is -0.480 e. The molecule has 0 aromatic carbocycles. The third kappa shape index (κ3) is 5.26. The molecule has 1 aliphatic carbocycles. The maximum atomic E-state index is 12.0. The van der Waals surface area contributed by atoms with E-state index in [4.69, 9.17) is 0 Å². The second-order valence-electron chi connectivity index (χ2n) is 5.05. The zero-order valence-corrected chi connectivity index (χ0v) is 11.1. The van der Waals surface area contributed by atoms with Gasteiger partial charge in [-0.1, -0.05) is 25.7 Å². The van der Waals surface area contributed by atoms with Crippen molar-refractivity contribution in [3.8, 4) is 0 Å². The van der Waals surface area contributed by atoms with Gasteiger partial charge < -0.3 is 15.7 Å². The summed E-state index contributed by atoms with van der Waals surface area (Å²) < 4.78 is 35.9. The largest absolute Gasteiger partial charge is 0.480 e. The Hall–Kier alpha value is -1.47. The number of carboxylic acid groups (broad SMARTS) is 1. The minimum atomic E-state index is -4.35. The number of alkyl halides is 3. The lowest BCUT2D eigenvalue weighted by molar-refractivity contribution is -0.145. The quantitative estimate of drug-likeness (QED) is 0.697. The number of halogens is 3. The molecule has 0 unspecified atom stereocenters. The zero-order chi connectivity index (χ0) is 15.2. The molecule has 0 atom stereocenters. The summed E-state index contributed by atoms with van der Waals surface area (Å²) >= 11 is 0. The molecule has 1 aliphatic rings. The van der Waals surface area contributed by atoms with E-state index in [9.17, 15) is 27.9 Å². The summed E-state index contributed by atoms with van der Waals surface area (Å²) in [7, 11) is 0. The third-order valence-electron chi connectivity index (χ3n) is 3.41. The van der Waals surface area contributed by atoms with Crippen molar-refractivity contribution in [2.24, 2.45) is 0 Å². The Balaban J connectivity index is 2.53. The van der Waals surface area contributed by atoms with Crippen molar-refractivity contribution in [1.82, 2.24) is 10.6 Å². The maximum absolute atomic E-state index is 12.0. The highest BCUT2D eigenvalue weighted by Gasteiger charge is 2.40. The number of urea groups is 1. The topological polar surface area (TPSA) is 78.4 Å². The Morgan fingerprint density at radius 2 is 1.65 bits per heavy atom. The van der Waals surface area contributed by atoms with Gasteiger partial charge in [-0.25, -0.2) is 9.59 Å². The number of rotatable bonds is 4. The first kappa shape index (κ1) is 16.6. The highest BCUT2D eigenvalue weighted by atomic mass is 19.4. The molecule has 0 bridgehead atoms. The van der Waals surface area contributed by atoms with E-state index in [1.807, 2.05) is 0 Å². The van der Waals surface area contributed by atoms with Crippen LogP contribution in [0.2, 0.25) is 0 Å². The fraction of sp³-hybridized carbons (Fsp3) is 0.833. The van der Waals surface area contributed by atoms with E-state index in [0.717, 1.165) is 12.8 Å². The van der Waals surface area contributed by atoms with E-state index in [1.54, 1.807) is 0 Å². The Morgan fingerprint density at radius 3 is 2.10 bits per heavy atom. The number of hydrogen-bond acceptors (Lipinski definition) is 2. The average Bonchev–Trinajstić information content (AvgIpc) is 2.53. The molecule has 8 heteroatoms. The summed E-state index contributed by atoms with van der Waals surface area (Å²) in [6.07, 6.45) is -1.74. The molecule has 0 aromatic rings. The molecule has 0 aliphatic heterocycles. The number of carbonyl (C=O) groups excluding carboxylic acids is 1. The normalized spacial score (nSPS) is 18.9. The van der Waals surface area contributed by atoms with Crippen LogP contribution in [-0.2, 0) is 4.79 Å². The maximum Gasteiger partial charge on any atom is 0.390 e. The first-order chi connectivity index (χ1) is 9.25. The molecule has 5 nitrogen and oxygen atoms in total.